The third-order valence-corrected chi connectivity index (χ3v) is 5.82. The van der Waals surface area contributed by atoms with E-state index in [2.05, 4.69) is 30.5 Å². The van der Waals surface area contributed by atoms with Crippen molar-refractivity contribution in [3.8, 4) is 0 Å². The van der Waals surface area contributed by atoms with Crippen molar-refractivity contribution in [3.05, 3.63) is 29.3 Å². The average Bonchev–Trinajstić information content (AvgIpc) is 2.56. The first-order valence-corrected chi connectivity index (χ1v) is 9.92. The molecule has 1 aliphatic rings. The number of carbonyl (C=O) groups is 2. The summed E-state index contributed by atoms with van der Waals surface area (Å²) >= 11 is 1.88. The van der Waals surface area contributed by atoms with E-state index in [0.29, 0.717) is 30.9 Å². The molecule has 0 bridgehead atoms. The number of rotatable bonds is 6. The molecule has 0 radical (unpaired) electrons. The molecule has 1 fully saturated rings. The number of anilines is 1. The SMILES string of the molecule is Cc1c(CSC(C)C)cccc1NC(=O)NC1CCC(C(=O)O)CC1. The topological polar surface area (TPSA) is 78.4 Å². The molecule has 1 aromatic carbocycles. The van der Waals surface area contributed by atoms with Crippen molar-refractivity contribution in [2.24, 2.45) is 5.92 Å². The van der Waals surface area contributed by atoms with Gasteiger partial charge in [0.05, 0.1) is 5.92 Å². The van der Waals surface area contributed by atoms with Crippen LogP contribution in [0, 0.1) is 12.8 Å². The van der Waals surface area contributed by atoms with Gasteiger partial charge in [-0.15, -0.1) is 0 Å². The highest BCUT2D eigenvalue weighted by atomic mass is 32.2. The molecule has 6 heteroatoms. The van der Waals surface area contributed by atoms with E-state index in [1.165, 1.54) is 5.56 Å². The molecule has 0 aromatic heterocycles. The number of urea groups is 1. The van der Waals surface area contributed by atoms with Gasteiger partial charge in [0, 0.05) is 17.5 Å². The van der Waals surface area contributed by atoms with Crippen LogP contribution in [0.2, 0.25) is 0 Å². The first-order chi connectivity index (χ1) is 11.9. The van der Waals surface area contributed by atoms with Gasteiger partial charge in [0.15, 0.2) is 0 Å². The van der Waals surface area contributed by atoms with Crippen molar-refractivity contribution in [2.45, 2.75) is 63.5 Å². The van der Waals surface area contributed by atoms with Crippen LogP contribution < -0.4 is 10.6 Å². The molecule has 0 heterocycles. The lowest BCUT2D eigenvalue weighted by Crippen LogP contribution is -2.41. The minimum atomic E-state index is -0.727. The lowest BCUT2D eigenvalue weighted by atomic mass is 9.86. The van der Waals surface area contributed by atoms with E-state index < -0.39 is 5.97 Å². The maximum Gasteiger partial charge on any atom is 0.319 e. The van der Waals surface area contributed by atoms with E-state index in [1.54, 1.807) is 0 Å². The highest BCUT2D eigenvalue weighted by Gasteiger charge is 2.26. The van der Waals surface area contributed by atoms with Crippen LogP contribution in [0.3, 0.4) is 0 Å². The molecule has 2 amide bonds. The Morgan fingerprint density at radius 3 is 2.52 bits per heavy atom. The summed E-state index contributed by atoms with van der Waals surface area (Å²) in [6.07, 6.45) is 2.69. The van der Waals surface area contributed by atoms with Gasteiger partial charge in [0.25, 0.3) is 0 Å². The molecule has 0 saturated heterocycles. The van der Waals surface area contributed by atoms with Crippen molar-refractivity contribution >= 4 is 29.4 Å². The molecule has 0 unspecified atom stereocenters. The number of aliphatic carboxylic acids is 1. The molecule has 3 N–H and O–H groups in total. The maximum absolute atomic E-state index is 12.3. The number of nitrogens with one attached hydrogen (secondary N) is 2. The van der Waals surface area contributed by atoms with Crippen LogP contribution in [0.5, 0.6) is 0 Å². The third kappa shape index (κ3) is 5.96. The van der Waals surface area contributed by atoms with Gasteiger partial charge in [0.1, 0.15) is 0 Å². The Morgan fingerprint density at radius 1 is 1.24 bits per heavy atom. The van der Waals surface area contributed by atoms with Crippen LogP contribution in [-0.4, -0.2) is 28.4 Å². The minimum Gasteiger partial charge on any atom is -0.481 e. The van der Waals surface area contributed by atoms with Crippen molar-refractivity contribution < 1.29 is 14.7 Å². The van der Waals surface area contributed by atoms with E-state index in [-0.39, 0.29) is 18.0 Å². The first-order valence-electron chi connectivity index (χ1n) is 8.87. The summed E-state index contributed by atoms with van der Waals surface area (Å²) in [5.41, 5.74) is 3.16. The van der Waals surface area contributed by atoms with E-state index in [0.717, 1.165) is 17.0 Å². The summed E-state index contributed by atoms with van der Waals surface area (Å²) in [5, 5.41) is 15.5. The number of carboxylic acids is 1. The van der Waals surface area contributed by atoms with Gasteiger partial charge in [-0.2, -0.15) is 11.8 Å². The maximum atomic E-state index is 12.3. The van der Waals surface area contributed by atoms with Crippen molar-refractivity contribution in [1.82, 2.24) is 5.32 Å². The zero-order valence-corrected chi connectivity index (χ0v) is 16.0. The number of carbonyl (C=O) groups excluding carboxylic acids is 1. The number of hydrogen-bond donors (Lipinski definition) is 3. The van der Waals surface area contributed by atoms with Crippen LogP contribution in [0.15, 0.2) is 18.2 Å². The predicted molar refractivity (Wildman–Crippen MR) is 103 cm³/mol. The van der Waals surface area contributed by atoms with Gasteiger partial charge in [-0.05, 0) is 55.1 Å². The van der Waals surface area contributed by atoms with Gasteiger partial charge in [-0.1, -0.05) is 26.0 Å². The molecule has 2 rings (SSSR count). The Hall–Kier alpha value is -1.69. The zero-order chi connectivity index (χ0) is 18.4. The quantitative estimate of drug-likeness (QED) is 0.699. The highest BCUT2D eigenvalue weighted by molar-refractivity contribution is 7.99. The lowest BCUT2D eigenvalue weighted by Gasteiger charge is -2.27. The minimum absolute atomic E-state index is 0.0515. The van der Waals surface area contributed by atoms with E-state index in [1.807, 2.05) is 30.8 Å². The summed E-state index contributed by atoms with van der Waals surface area (Å²) in [6.45, 7) is 6.38. The van der Waals surface area contributed by atoms with Crippen molar-refractivity contribution in [2.75, 3.05) is 5.32 Å². The average molecular weight is 365 g/mol. The van der Waals surface area contributed by atoms with Crippen molar-refractivity contribution in [1.29, 1.82) is 0 Å². The highest BCUT2D eigenvalue weighted by Crippen LogP contribution is 2.26. The first kappa shape index (κ1) is 19.6. The monoisotopic (exact) mass is 364 g/mol. The fourth-order valence-corrected chi connectivity index (χ4v) is 3.89. The third-order valence-electron chi connectivity index (χ3n) is 4.68. The summed E-state index contributed by atoms with van der Waals surface area (Å²) in [5.74, 6) is -0.0621. The normalized spacial score (nSPS) is 20.3. The van der Waals surface area contributed by atoms with Gasteiger partial charge in [-0.25, -0.2) is 4.79 Å². The summed E-state index contributed by atoms with van der Waals surface area (Å²) in [6, 6.07) is 5.82. The van der Waals surface area contributed by atoms with Gasteiger partial charge in [0.2, 0.25) is 0 Å². The van der Waals surface area contributed by atoms with Crippen LogP contribution >= 0.6 is 11.8 Å². The Bertz CT molecular complexity index is 611. The van der Waals surface area contributed by atoms with Gasteiger partial charge >= 0.3 is 12.0 Å². The van der Waals surface area contributed by atoms with Gasteiger partial charge in [-0.3, -0.25) is 4.79 Å². The standard InChI is InChI=1S/C19H28N2O3S/c1-12(2)25-11-15-5-4-6-17(13(15)3)21-19(24)20-16-9-7-14(8-10-16)18(22)23/h4-6,12,14,16H,7-11H2,1-3H3,(H,22,23)(H2,20,21,24). The Kier molecular flexibility index (Phi) is 7.17. The van der Waals surface area contributed by atoms with Crippen molar-refractivity contribution in [3.63, 3.8) is 0 Å². The number of hydrogen-bond acceptors (Lipinski definition) is 3. The second-order valence-corrected chi connectivity index (χ2v) is 8.50. The van der Waals surface area contributed by atoms with Gasteiger partial charge < -0.3 is 15.7 Å². The summed E-state index contributed by atoms with van der Waals surface area (Å²) < 4.78 is 0. The Morgan fingerprint density at radius 2 is 1.92 bits per heavy atom. The van der Waals surface area contributed by atoms with E-state index in [9.17, 15) is 9.59 Å². The second-order valence-electron chi connectivity index (χ2n) is 6.93. The van der Waals surface area contributed by atoms with E-state index in [4.69, 9.17) is 5.11 Å². The molecule has 0 aliphatic heterocycles. The lowest BCUT2D eigenvalue weighted by molar-refractivity contribution is -0.142. The zero-order valence-electron chi connectivity index (χ0n) is 15.2. The predicted octanol–water partition coefficient (Wildman–Crippen LogP) is 4.40. The number of carboxylic acid groups (broad SMARTS) is 1. The van der Waals surface area contributed by atoms with Crippen LogP contribution in [0.1, 0.15) is 50.7 Å². The molecule has 138 valence electrons. The molecule has 1 aromatic rings. The number of thioether (sulfide) groups is 1. The molecule has 0 spiro atoms. The summed E-state index contributed by atoms with van der Waals surface area (Å²) in [7, 11) is 0. The van der Waals surface area contributed by atoms with Crippen LogP contribution in [0.4, 0.5) is 10.5 Å². The molecule has 1 aliphatic carbocycles. The summed E-state index contributed by atoms with van der Waals surface area (Å²) in [4.78, 5) is 23.3. The largest absolute Gasteiger partial charge is 0.481 e. The van der Waals surface area contributed by atoms with Crippen LogP contribution in [-0.2, 0) is 10.5 Å². The number of benzene rings is 1. The molecule has 5 nitrogen and oxygen atoms in total. The molecule has 0 atom stereocenters. The fraction of sp³-hybridized carbons (Fsp3) is 0.579. The molecule has 25 heavy (non-hydrogen) atoms. The smallest absolute Gasteiger partial charge is 0.319 e. The molecule has 1 saturated carbocycles. The second kappa shape index (κ2) is 9.13. The Labute approximate surface area is 154 Å². The van der Waals surface area contributed by atoms with Crippen LogP contribution in [0.25, 0.3) is 0 Å². The number of amides is 2. The fourth-order valence-electron chi connectivity index (χ4n) is 3.06. The molecular formula is C19H28N2O3S. The Balaban J connectivity index is 1.88. The van der Waals surface area contributed by atoms with E-state index >= 15 is 0 Å². The molecular weight excluding hydrogens is 336 g/mol.